The Balaban J connectivity index is 2.22. The van der Waals surface area contributed by atoms with Crippen LogP contribution in [0.1, 0.15) is 52.0 Å². The van der Waals surface area contributed by atoms with Crippen LogP contribution in [0.25, 0.3) is 0 Å². The van der Waals surface area contributed by atoms with Gasteiger partial charge in [0.05, 0.1) is 7.11 Å². The Labute approximate surface area is 126 Å². The summed E-state index contributed by atoms with van der Waals surface area (Å²) in [7, 11) is 1.14. The summed E-state index contributed by atoms with van der Waals surface area (Å²) in [4.78, 5) is 0. The molecule has 20 heavy (non-hydrogen) atoms. The van der Waals surface area contributed by atoms with Gasteiger partial charge in [-0.15, -0.1) is 0 Å². The number of benzene rings is 1. The summed E-state index contributed by atoms with van der Waals surface area (Å²) in [6, 6.07) is 11.9. The second-order valence-electron chi connectivity index (χ2n) is 7.50. The molecule has 0 N–H and O–H groups in total. The fraction of sp³-hybridized carbons (Fsp3) is 0.667. The molecule has 0 spiro atoms. The molecule has 1 heterocycles. The Morgan fingerprint density at radius 2 is 1.60 bits per heavy atom. The lowest BCUT2D eigenvalue weighted by molar-refractivity contribution is 0.341. The highest BCUT2D eigenvalue weighted by Crippen LogP contribution is 2.48. The molecule has 2 rings (SSSR count). The molecule has 1 aliphatic heterocycles. The van der Waals surface area contributed by atoms with Gasteiger partial charge in [-0.1, -0.05) is 64.8 Å². The number of methoxy groups -OCH3 is 1. The van der Waals surface area contributed by atoms with Crippen LogP contribution < -0.4 is 4.74 Å². The average molecular weight is 291 g/mol. The molecule has 112 valence electrons. The number of rotatable bonds is 4. The van der Waals surface area contributed by atoms with Gasteiger partial charge in [-0.2, -0.15) is 0 Å². The van der Waals surface area contributed by atoms with Gasteiger partial charge in [-0.3, -0.25) is 0 Å². The van der Waals surface area contributed by atoms with Gasteiger partial charge in [0, 0.05) is 8.80 Å². The smallest absolute Gasteiger partial charge is 0.118 e. The molecule has 2 heteroatoms. The number of ether oxygens (including phenoxy) is 1. The summed E-state index contributed by atoms with van der Waals surface area (Å²) in [5, 5.41) is 0. The summed E-state index contributed by atoms with van der Waals surface area (Å²) < 4.78 is 5.29. The zero-order valence-electron chi connectivity index (χ0n) is 13.8. The zero-order chi connectivity index (χ0) is 14.8. The quantitative estimate of drug-likeness (QED) is 0.689. The van der Waals surface area contributed by atoms with E-state index in [1.165, 1.54) is 18.4 Å². The molecule has 0 radical (unpaired) electrons. The normalized spacial score (nSPS) is 19.9. The molecule has 1 aliphatic rings. The highest BCUT2D eigenvalue weighted by molar-refractivity contribution is 6.61. The van der Waals surface area contributed by atoms with Crippen molar-refractivity contribution < 1.29 is 4.74 Å². The van der Waals surface area contributed by atoms with E-state index in [1.807, 2.05) is 0 Å². The van der Waals surface area contributed by atoms with E-state index >= 15 is 0 Å². The summed E-state index contributed by atoms with van der Waals surface area (Å²) in [6.07, 6.45) is 2.97. The Morgan fingerprint density at radius 1 is 1.05 bits per heavy atom. The monoisotopic (exact) mass is 290 g/mol. The van der Waals surface area contributed by atoms with Crippen LogP contribution in [0.2, 0.25) is 17.6 Å². The highest BCUT2D eigenvalue weighted by atomic mass is 28.3. The van der Waals surface area contributed by atoms with E-state index < -0.39 is 8.80 Å². The van der Waals surface area contributed by atoms with E-state index in [9.17, 15) is 0 Å². The number of hydrogen-bond donors (Lipinski definition) is 0. The van der Waals surface area contributed by atoms with Crippen LogP contribution >= 0.6 is 0 Å². The predicted octanol–water partition coefficient (Wildman–Crippen LogP) is 5.24. The molecule has 0 saturated carbocycles. The first-order valence-corrected chi connectivity index (χ1v) is 10.4. The van der Waals surface area contributed by atoms with Crippen molar-refractivity contribution in [1.29, 1.82) is 0 Å². The Bertz CT molecular complexity index is 412. The van der Waals surface area contributed by atoms with Gasteiger partial charge in [0.1, 0.15) is 5.75 Å². The van der Waals surface area contributed by atoms with E-state index in [1.54, 1.807) is 19.2 Å². The molecule has 0 aromatic heterocycles. The lowest BCUT2D eigenvalue weighted by Crippen LogP contribution is -2.32. The summed E-state index contributed by atoms with van der Waals surface area (Å²) >= 11 is 0. The van der Waals surface area contributed by atoms with Gasteiger partial charge < -0.3 is 4.74 Å². The van der Waals surface area contributed by atoms with Crippen molar-refractivity contribution in [2.75, 3.05) is 7.11 Å². The van der Waals surface area contributed by atoms with E-state index in [2.05, 4.69) is 52.0 Å². The number of hydrogen-bond acceptors (Lipinski definition) is 1. The average Bonchev–Trinajstić information content (AvgIpc) is 2.91. The third kappa shape index (κ3) is 3.46. The first-order chi connectivity index (χ1) is 9.43. The molecule has 2 unspecified atom stereocenters. The first kappa shape index (κ1) is 15.6. The maximum Gasteiger partial charge on any atom is 0.118 e. The Hall–Kier alpha value is -0.763. The fourth-order valence-corrected chi connectivity index (χ4v) is 9.38. The van der Waals surface area contributed by atoms with E-state index in [0.717, 1.165) is 11.3 Å². The third-order valence-electron chi connectivity index (χ3n) is 5.09. The van der Waals surface area contributed by atoms with Crippen LogP contribution in [0.4, 0.5) is 0 Å². The third-order valence-corrected chi connectivity index (χ3v) is 9.98. The predicted molar refractivity (Wildman–Crippen MR) is 90.6 cm³/mol. The van der Waals surface area contributed by atoms with Gasteiger partial charge in [0.25, 0.3) is 0 Å². The van der Waals surface area contributed by atoms with Crippen LogP contribution in [-0.2, 0) is 0 Å². The molecular formula is C18H30OSi. The van der Waals surface area contributed by atoms with Crippen LogP contribution in [0, 0.1) is 5.41 Å². The lowest BCUT2D eigenvalue weighted by Gasteiger charge is -2.39. The minimum atomic E-state index is -0.599. The van der Waals surface area contributed by atoms with E-state index in [4.69, 9.17) is 4.74 Å². The zero-order valence-corrected chi connectivity index (χ0v) is 14.9. The van der Waals surface area contributed by atoms with Gasteiger partial charge in [0.15, 0.2) is 0 Å². The molecule has 1 fully saturated rings. The van der Waals surface area contributed by atoms with Crippen molar-refractivity contribution in [2.45, 2.75) is 64.1 Å². The van der Waals surface area contributed by atoms with Crippen molar-refractivity contribution >= 4 is 8.80 Å². The Morgan fingerprint density at radius 3 is 2.05 bits per heavy atom. The maximum absolute atomic E-state index is 5.29. The van der Waals surface area contributed by atoms with Crippen LogP contribution in [0.15, 0.2) is 24.3 Å². The van der Waals surface area contributed by atoms with Crippen molar-refractivity contribution in [1.82, 2.24) is 0 Å². The standard InChI is InChI=1S/C18H30OSi/c1-14(15-8-10-16(19-5)11-9-15)17(18(2,3)4)20-12-6-7-13-20/h8-11,14,17,20H,6-7,12-13H2,1-5H3. The first-order valence-electron chi connectivity index (χ1n) is 8.07. The molecule has 1 aromatic rings. The summed E-state index contributed by atoms with van der Waals surface area (Å²) in [5.74, 6) is 1.64. The molecule has 0 bridgehead atoms. The largest absolute Gasteiger partial charge is 0.497 e. The molecule has 0 aliphatic carbocycles. The molecule has 1 saturated heterocycles. The fourth-order valence-electron chi connectivity index (χ4n) is 4.30. The summed E-state index contributed by atoms with van der Waals surface area (Å²) in [6.45, 7) is 9.79. The minimum absolute atomic E-state index is 0.431. The van der Waals surface area contributed by atoms with Crippen molar-refractivity contribution in [3.05, 3.63) is 29.8 Å². The second-order valence-corrected chi connectivity index (χ2v) is 10.9. The van der Waals surface area contributed by atoms with Crippen LogP contribution in [0.5, 0.6) is 5.75 Å². The van der Waals surface area contributed by atoms with Gasteiger partial charge in [-0.25, -0.2) is 0 Å². The second kappa shape index (κ2) is 6.34. The molecular weight excluding hydrogens is 260 g/mol. The van der Waals surface area contributed by atoms with Gasteiger partial charge >= 0.3 is 0 Å². The van der Waals surface area contributed by atoms with E-state index in [-0.39, 0.29) is 0 Å². The van der Waals surface area contributed by atoms with Gasteiger partial charge in [-0.05, 0) is 34.6 Å². The minimum Gasteiger partial charge on any atom is -0.497 e. The topological polar surface area (TPSA) is 9.23 Å². The van der Waals surface area contributed by atoms with Crippen molar-refractivity contribution in [2.24, 2.45) is 5.41 Å². The molecule has 1 aromatic carbocycles. The maximum atomic E-state index is 5.29. The highest BCUT2D eigenvalue weighted by Gasteiger charge is 2.38. The summed E-state index contributed by atoms with van der Waals surface area (Å²) in [5.41, 5.74) is 2.82. The Kier molecular flexibility index (Phi) is 4.95. The molecule has 1 nitrogen and oxygen atoms in total. The van der Waals surface area contributed by atoms with E-state index in [0.29, 0.717) is 11.3 Å². The van der Waals surface area contributed by atoms with Crippen molar-refractivity contribution in [3.63, 3.8) is 0 Å². The van der Waals surface area contributed by atoms with Crippen molar-refractivity contribution in [3.8, 4) is 5.75 Å². The van der Waals surface area contributed by atoms with Crippen LogP contribution in [0.3, 0.4) is 0 Å². The van der Waals surface area contributed by atoms with Gasteiger partial charge in [0.2, 0.25) is 0 Å². The molecule has 0 amide bonds. The van der Waals surface area contributed by atoms with Crippen LogP contribution in [-0.4, -0.2) is 15.9 Å². The SMILES string of the molecule is COc1ccc(C(C)C([SiH]2CCCC2)C(C)(C)C)cc1. The lowest BCUT2D eigenvalue weighted by atomic mass is 9.81. The molecule has 2 atom stereocenters.